The highest BCUT2D eigenvalue weighted by atomic mass is 16.5. The van der Waals surface area contributed by atoms with Gasteiger partial charge in [-0.05, 0) is 44.1 Å². The Labute approximate surface area is 143 Å². The number of aromatic nitrogens is 2. The van der Waals surface area contributed by atoms with Gasteiger partial charge >= 0.3 is 0 Å². The van der Waals surface area contributed by atoms with E-state index in [9.17, 15) is 4.79 Å². The number of anilines is 1. The summed E-state index contributed by atoms with van der Waals surface area (Å²) in [4.78, 5) is 26.0. The maximum absolute atomic E-state index is 12.5. The fourth-order valence-electron chi connectivity index (χ4n) is 4.38. The van der Waals surface area contributed by atoms with Gasteiger partial charge in [0.05, 0.1) is 12.1 Å². The lowest BCUT2D eigenvalue weighted by molar-refractivity contribution is -0.137. The van der Waals surface area contributed by atoms with Crippen LogP contribution in [0.2, 0.25) is 0 Å². The molecule has 1 aromatic heterocycles. The van der Waals surface area contributed by atoms with Crippen LogP contribution in [-0.4, -0.2) is 59.2 Å². The molecule has 0 saturated carbocycles. The van der Waals surface area contributed by atoms with Crippen LogP contribution in [0.3, 0.4) is 0 Å². The quantitative estimate of drug-likeness (QED) is 0.845. The zero-order chi connectivity index (χ0) is 16.5. The lowest BCUT2D eigenvalue weighted by Gasteiger charge is -2.41. The highest BCUT2D eigenvalue weighted by molar-refractivity contribution is 5.78. The molecule has 0 spiro atoms. The summed E-state index contributed by atoms with van der Waals surface area (Å²) < 4.78 is 5.46. The van der Waals surface area contributed by atoms with Crippen molar-refractivity contribution in [2.45, 2.75) is 51.1 Å². The predicted octanol–water partition coefficient (Wildman–Crippen LogP) is 1.78. The van der Waals surface area contributed by atoms with Gasteiger partial charge in [-0.15, -0.1) is 0 Å². The summed E-state index contributed by atoms with van der Waals surface area (Å²) in [5, 5.41) is 0. The summed E-state index contributed by atoms with van der Waals surface area (Å²) in [6, 6.07) is 0.684. The molecule has 6 nitrogen and oxygen atoms in total. The molecule has 1 amide bonds. The number of piperidine rings is 1. The van der Waals surface area contributed by atoms with Crippen molar-refractivity contribution in [2.24, 2.45) is 5.92 Å². The van der Waals surface area contributed by atoms with Crippen molar-refractivity contribution >= 4 is 11.9 Å². The van der Waals surface area contributed by atoms with Crippen molar-refractivity contribution in [3.63, 3.8) is 0 Å². The minimum absolute atomic E-state index is 0.319. The van der Waals surface area contributed by atoms with Gasteiger partial charge < -0.3 is 14.5 Å². The lowest BCUT2D eigenvalue weighted by atomic mass is 9.92. The third kappa shape index (κ3) is 2.99. The van der Waals surface area contributed by atoms with Gasteiger partial charge in [0.25, 0.3) is 0 Å². The Morgan fingerprint density at radius 2 is 1.88 bits per heavy atom. The molecule has 130 valence electrons. The second kappa shape index (κ2) is 6.67. The molecule has 2 unspecified atom stereocenters. The van der Waals surface area contributed by atoms with E-state index in [1.807, 2.05) is 19.3 Å². The second-order valence-electron chi connectivity index (χ2n) is 7.32. The van der Waals surface area contributed by atoms with Gasteiger partial charge in [-0.3, -0.25) is 4.79 Å². The van der Waals surface area contributed by atoms with Gasteiger partial charge in [-0.1, -0.05) is 0 Å². The molecular weight excluding hydrogens is 304 g/mol. The standard InChI is InChI=1S/C18H26N4O2/c1-13-10-19-18(20-11-13)21-7-4-16-15(21)2-3-17(23)22(16)12-14-5-8-24-9-6-14/h10-11,14-16H,2-9,12H2,1H3. The first-order valence-electron chi connectivity index (χ1n) is 9.15. The zero-order valence-electron chi connectivity index (χ0n) is 14.4. The van der Waals surface area contributed by atoms with Gasteiger partial charge in [0, 0.05) is 45.1 Å². The molecule has 3 fully saturated rings. The number of carbonyl (C=O) groups excluding carboxylic acids is 1. The number of likely N-dealkylation sites (tertiary alicyclic amines) is 1. The number of carbonyl (C=O) groups is 1. The third-order valence-corrected chi connectivity index (χ3v) is 5.70. The number of nitrogens with zero attached hydrogens (tertiary/aromatic N) is 4. The van der Waals surface area contributed by atoms with Crippen molar-refractivity contribution in [1.29, 1.82) is 0 Å². The molecule has 1 aromatic rings. The van der Waals surface area contributed by atoms with Crippen LogP contribution >= 0.6 is 0 Å². The Balaban J connectivity index is 1.49. The van der Waals surface area contributed by atoms with Crippen LogP contribution in [-0.2, 0) is 9.53 Å². The molecule has 0 N–H and O–H groups in total. The highest BCUT2D eigenvalue weighted by Gasteiger charge is 2.44. The first kappa shape index (κ1) is 15.8. The number of rotatable bonds is 3. The van der Waals surface area contributed by atoms with Gasteiger partial charge in [0.1, 0.15) is 0 Å². The summed E-state index contributed by atoms with van der Waals surface area (Å²) in [7, 11) is 0. The van der Waals surface area contributed by atoms with Crippen molar-refractivity contribution in [3.8, 4) is 0 Å². The number of ether oxygens (including phenoxy) is 1. The molecular formula is C18H26N4O2. The summed E-state index contributed by atoms with van der Waals surface area (Å²) in [5.74, 6) is 1.73. The number of amides is 1. The maximum Gasteiger partial charge on any atom is 0.225 e. The minimum Gasteiger partial charge on any atom is -0.381 e. The van der Waals surface area contributed by atoms with E-state index in [1.54, 1.807) is 0 Å². The lowest BCUT2D eigenvalue weighted by Crippen LogP contribution is -2.54. The maximum atomic E-state index is 12.5. The number of fused-ring (bicyclic) bond motifs is 1. The average Bonchev–Trinajstić information content (AvgIpc) is 3.03. The molecule has 0 aromatic carbocycles. The number of aryl methyl sites for hydroxylation is 1. The predicted molar refractivity (Wildman–Crippen MR) is 90.8 cm³/mol. The van der Waals surface area contributed by atoms with E-state index in [0.717, 1.165) is 63.5 Å². The smallest absolute Gasteiger partial charge is 0.225 e. The van der Waals surface area contributed by atoms with Crippen LogP contribution < -0.4 is 4.90 Å². The summed E-state index contributed by atoms with van der Waals surface area (Å²) in [5.41, 5.74) is 1.08. The van der Waals surface area contributed by atoms with E-state index >= 15 is 0 Å². The average molecular weight is 330 g/mol. The van der Waals surface area contributed by atoms with E-state index < -0.39 is 0 Å². The van der Waals surface area contributed by atoms with E-state index in [4.69, 9.17) is 4.74 Å². The van der Waals surface area contributed by atoms with Crippen LogP contribution in [0, 0.1) is 12.8 Å². The Morgan fingerprint density at radius 1 is 1.12 bits per heavy atom. The Hall–Kier alpha value is -1.69. The highest BCUT2D eigenvalue weighted by Crippen LogP contribution is 2.34. The molecule has 0 bridgehead atoms. The van der Waals surface area contributed by atoms with E-state index in [0.29, 0.717) is 30.3 Å². The van der Waals surface area contributed by atoms with E-state index in [2.05, 4.69) is 19.8 Å². The molecule has 3 aliphatic rings. The Morgan fingerprint density at radius 3 is 2.62 bits per heavy atom. The topological polar surface area (TPSA) is 58.6 Å². The molecule has 4 heterocycles. The minimum atomic E-state index is 0.319. The molecule has 0 radical (unpaired) electrons. The van der Waals surface area contributed by atoms with Crippen molar-refractivity contribution in [1.82, 2.24) is 14.9 Å². The molecule has 3 aliphatic heterocycles. The van der Waals surface area contributed by atoms with Crippen molar-refractivity contribution < 1.29 is 9.53 Å². The van der Waals surface area contributed by atoms with Crippen LogP contribution in [0.15, 0.2) is 12.4 Å². The first-order valence-corrected chi connectivity index (χ1v) is 9.15. The second-order valence-corrected chi connectivity index (χ2v) is 7.32. The third-order valence-electron chi connectivity index (χ3n) is 5.70. The van der Waals surface area contributed by atoms with Crippen molar-refractivity contribution in [3.05, 3.63) is 18.0 Å². The molecule has 4 rings (SSSR count). The van der Waals surface area contributed by atoms with Crippen LogP contribution in [0.5, 0.6) is 0 Å². The van der Waals surface area contributed by atoms with Gasteiger partial charge in [0.15, 0.2) is 0 Å². The molecule has 6 heteroatoms. The number of hydrogen-bond donors (Lipinski definition) is 0. The molecule has 0 aliphatic carbocycles. The van der Waals surface area contributed by atoms with Crippen molar-refractivity contribution in [2.75, 3.05) is 31.2 Å². The summed E-state index contributed by atoms with van der Waals surface area (Å²) >= 11 is 0. The van der Waals surface area contributed by atoms with Crippen LogP contribution in [0.4, 0.5) is 5.95 Å². The van der Waals surface area contributed by atoms with Crippen LogP contribution in [0.25, 0.3) is 0 Å². The Bertz CT molecular complexity index is 585. The first-order chi connectivity index (χ1) is 11.7. The molecule has 24 heavy (non-hydrogen) atoms. The van der Waals surface area contributed by atoms with Gasteiger partial charge in [0.2, 0.25) is 11.9 Å². The largest absolute Gasteiger partial charge is 0.381 e. The number of hydrogen-bond acceptors (Lipinski definition) is 5. The molecule has 2 atom stereocenters. The summed E-state index contributed by atoms with van der Waals surface area (Å²) in [6.45, 7) is 5.52. The van der Waals surface area contributed by atoms with Gasteiger partial charge in [-0.25, -0.2) is 9.97 Å². The van der Waals surface area contributed by atoms with E-state index in [1.165, 1.54) is 0 Å². The van der Waals surface area contributed by atoms with Crippen LogP contribution in [0.1, 0.15) is 37.7 Å². The summed E-state index contributed by atoms with van der Waals surface area (Å²) in [6.07, 6.45) is 8.50. The monoisotopic (exact) mass is 330 g/mol. The zero-order valence-corrected chi connectivity index (χ0v) is 14.4. The molecule has 3 saturated heterocycles. The fraction of sp³-hybridized carbons (Fsp3) is 0.722. The SMILES string of the molecule is Cc1cnc(N2CCC3C2CCC(=O)N3CC2CCOCC2)nc1. The Kier molecular flexibility index (Phi) is 4.39. The van der Waals surface area contributed by atoms with Gasteiger partial charge in [-0.2, -0.15) is 0 Å². The van der Waals surface area contributed by atoms with E-state index in [-0.39, 0.29) is 0 Å². The normalized spacial score (nSPS) is 28.3. The fourth-order valence-corrected chi connectivity index (χ4v) is 4.38.